The summed E-state index contributed by atoms with van der Waals surface area (Å²) in [5, 5.41) is 23.0. The van der Waals surface area contributed by atoms with Crippen molar-refractivity contribution in [3.8, 4) is 17.1 Å². The molecule has 0 saturated carbocycles. The minimum Gasteiger partial charge on any atom is -0.506 e. The molecule has 3 rings (SSSR count). The lowest BCUT2D eigenvalue weighted by Crippen LogP contribution is -1.95. The van der Waals surface area contributed by atoms with Crippen molar-refractivity contribution in [3.63, 3.8) is 0 Å². The fourth-order valence-corrected chi connectivity index (χ4v) is 3.03. The lowest BCUT2D eigenvalue weighted by Gasteiger charge is -2.12. The highest BCUT2D eigenvalue weighted by atomic mass is 35.5. The van der Waals surface area contributed by atoms with Crippen molar-refractivity contribution in [1.29, 1.82) is 0 Å². The molecule has 0 radical (unpaired) electrons. The third-order valence-electron chi connectivity index (χ3n) is 3.80. The molecule has 110 valence electrons. The number of nitrogens with zero attached hydrogens (tertiary/aromatic N) is 1. The number of aromatic carboxylic acids is 1. The summed E-state index contributed by atoms with van der Waals surface area (Å²) in [5.74, 6) is -1.05. The lowest BCUT2D eigenvalue weighted by atomic mass is 9.97. The maximum absolute atomic E-state index is 10.9. The van der Waals surface area contributed by atoms with Gasteiger partial charge in [-0.05, 0) is 42.9 Å². The first-order valence-corrected chi connectivity index (χ1v) is 7.19. The third-order valence-corrected chi connectivity index (χ3v) is 4.21. The van der Waals surface area contributed by atoms with Crippen LogP contribution in [0, 0.1) is 0 Å². The molecular formula is C15H14ClNO4. The number of benzene rings is 1. The van der Waals surface area contributed by atoms with Crippen LogP contribution in [-0.4, -0.2) is 21.3 Å². The van der Waals surface area contributed by atoms with E-state index in [1.807, 2.05) is 6.07 Å². The fourth-order valence-electron chi connectivity index (χ4n) is 2.71. The molecule has 0 bridgehead atoms. The number of carboxylic acid groups (broad SMARTS) is 1. The monoisotopic (exact) mass is 307 g/mol. The van der Waals surface area contributed by atoms with E-state index in [2.05, 4.69) is 5.16 Å². The van der Waals surface area contributed by atoms with Gasteiger partial charge in [0.25, 0.3) is 0 Å². The van der Waals surface area contributed by atoms with Gasteiger partial charge in [-0.2, -0.15) is 0 Å². The van der Waals surface area contributed by atoms with Gasteiger partial charge in [-0.15, -0.1) is 0 Å². The number of fused-ring (bicyclic) bond motifs is 1. The molecule has 21 heavy (non-hydrogen) atoms. The summed E-state index contributed by atoms with van der Waals surface area (Å²) in [6.45, 7) is 0. The summed E-state index contributed by atoms with van der Waals surface area (Å²) in [6, 6.07) is 3.12. The molecule has 1 aliphatic rings. The Morgan fingerprint density at radius 1 is 1.24 bits per heavy atom. The number of hydrogen-bond acceptors (Lipinski definition) is 4. The van der Waals surface area contributed by atoms with E-state index < -0.39 is 5.97 Å². The van der Waals surface area contributed by atoms with Crippen molar-refractivity contribution >= 4 is 17.6 Å². The second-order valence-corrected chi connectivity index (χ2v) is 5.54. The molecule has 1 aromatic carbocycles. The second-order valence-electron chi connectivity index (χ2n) is 5.17. The molecular weight excluding hydrogens is 294 g/mol. The number of carboxylic acids is 1. The lowest BCUT2D eigenvalue weighted by molar-refractivity contribution is 0.0686. The van der Waals surface area contributed by atoms with Crippen molar-refractivity contribution in [2.75, 3.05) is 0 Å². The van der Waals surface area contributed by atoms with Crippen LogP contribution >= 0.6 is 11.6 Å². The van der Waals surface area contributed by atoms with Gasteiger partial charge in [-0.1, -0.05) is 23.2 Å². The number of phenols is 1. The predicted molar refractivity (Wildman–Crippen MR) is 76.8 cm³/mol. The van der Waals surface area contributed by atoms with Crippen LogP contribution in [0.4, 0.5) is 0 Å². The van der Waals surface area contributed by atoms with Gasteiger partial charge < -0.3 is 14.7 Å². The molecule has 2 aromatic rings. The van der Waals surface area contributed by atoms with E-state index in [1.54, 1.807) is 0 Å². The Bertz CT molecular complexity index is 708. The molecule has 2 N–H and O–H groups in total. The van der Waals surface area contributed by atoms with Crippen LogP contribution in [0.1, 0.15) is 40.9 Å². The molecule has 0 unspecified atom stereocenters. The number of aromatic hydroxyl groups is 1. The van der Waals surface area contributed by atoms with Gasteiger partial charge >= 0.3 is 5.97 Å². The Hall–Kier alpha value is -2.01. The number of phenolic OH excluding ortho intramolecular Hbond substituents is 1. The van der Waals surface area contributed by atoms with E-state index in [-0.39, 0.29) is 17.2 Å². The Kier molecular flexibility index (Phi) is 3.59. The summed E-state index contributed by atoms with van der Waals surface area (Å²) in [6.07, 6.45) is 4.99. The van der Waals surface area contributed by atoms with Gasteiger partial charge in [0.15, 0.2) is 11.5 Å². The third kappa shape index (κ3) is 2.49. The first kappa shape index (κ1) is 13.9. The van der Waals surface area contributed by atoms with E-state index in [4.69, 9.17) is 21.2 Å². The minimum absolute atomic E-state index is 0.0783. The maximum atomic E-state index is 10.9. The fraction of sp³-hybridized carbons (Fsp3) is 0.333. The Balaban J connectivity index is 2.12. The summed E-state index contributed by atoms with van der Waals surface area (Å²) in [4.78, 5) is 10.9. The minimum atomic E-state index is -1.18. The largest absolute Gasteiger partial charge is 0.506 e. The molecule has 6 heteroatoms. The molecule has 0 atom stereocenters. The van der Waals surface area contributed by atoms with Crippen LogP contribution in [0.5, 0.6) is 5.75 Å². The van der Waals surface area contributed by atoms with E-state index in [1.165, 1.54) is 6.07 Å². The summed E-state index contributed by atoms with van der Waals surface area (Å²) < 4.78 is 5.02. The van der Waals surface area contributed by atoms with Crippen molar-refractivity contribution in [2.24, 2.45) is 0 Å². The van der Waals surface area contributed by atoms with E-state index in [0.29, 0.717) is 10.6 Å². The molecule has 1 aromatic heterocycles. The molecule has 1 aliphatic carbocycles. The SMILES string of the molecule is O=C(O)c1cc(-c2cc3c(c(Cl)c2O)CCCCC3)on1. The summed E-state index contributed by atoms with van der Waals surface area (Å²) in [7, 11) is 0. The van der Waals surface area contributed by atoms with E-state index >= 15 is 0 Å². The highest BCUT2D eigenvalue weighted by Crippen LogP contribution is 2.41. The smallest absolute Gasteiger partial charge is 0.358 e. The Morgan fingerprint density at radius 3 is 2.71 bits per heavy atom. The molecule has 0 aliphatic heterocycles. The Labute approximate surface area is 126 Å². The van der Waals surface area contributed by atoms with Crippen LogP contribution in [0.15, 0.2) is 16.7 Å². The number of aryl methyl sites for hydroxylation is 1. The number of carbonyl (C=O) groups is 1. The molecule has 5 nitrogen and oxygen atoms in total. The summed E-state index contributed by atoms with van der Waals surface area (Å²) in [5.41, 5.74) is 2.25. The molecule has 0 fully saturated rings. The zero-order chi connectivity index (χ0) is 15.0. The van der Waals surface area contributed by atoms with Crippen LogP contribution < -0.4 is 0 Å². The van der Waals surface area contributed by atoms with Crippen LogP contribution in [0.25, 0.3) is 11.3 Å². The number of aromatic nitrogens is 1. The average Bonchev–Trinajstić information content (AvgIpc) is 2.83. The first-order chi connectivity index (χ1) is 10.1. The van der Waals surface area contributed by atoms with Gasteiger partial charge in [0.05, 0.1) is 10.6 Å². The van der Waals surface area contributed by atoms with Crippen molar-refractivity contribution < 1.29 is 19.5 Å². The second kappa shape index (κ2) is 5.41. The van der Waals surface area contributed by atoms with Gasteiger partial charge in [0.1, 0.15) is 5.75 Å². The van der Waals surface area contributed by atoms with Gasteiger partial charge in [0, 0.05) is 6.07 Å². The van der Waals surface area contributed by atoms with E-state index in [9.17, 15) is 9.90 Å². The zero-order valence-corrected chi connectivity index (χ0v) is 12.0. The molecule has 0 spiro atoms. The van der Waals surface area contributed by atoms with Crippen molar-refractivity contribution in [3.05, 3.63) is 34.0 Å². The summed E-state index contributed by atoms with van der Waals surface area (Å²) >= 11 is 6.28. The van der Waals surface area contributed by atoms with Crippen LogP contribution in [0.2, 0.25) is 5.02 Å². The predicted octanol–water partition coefficient (Wildman–Crippen LogP) is 3.67. The average molecular weight is 308 g/mol. The molecule has 1 heterocycles. The van der Waals surface area contributed by atoms with Crippen LogP contribution in [-0.2, 0) is 12.8 Å². The topological polar surface area (TPSA) is 83.6 Å². The normalized spacial score (nSPS) is 14.5. The quantitative estimate of drug-likeness (QED) is 0.827. The number of hydrogen-bond donors (Lipinski definition) is 2. The van der Waals surface area contributed by atoms with Crippen molar-refractivity contribution in [1.82, 2.24) is 5.16 Å². The highest BCUT2D eigenvalue weighted by molar-refractivity contribution is 6.33. The number of rotatable bonds is 2. The van der Waals surface area contributed by atoms with Gasteiger partial charge in [-0.3, -0.25) is 0 Å². The standard InChI is InChI=1S/C15H14ClNO4/c16-13-9-5-3-1-2-4-8(9)6-10(14(13)18)12-7-11(15(19)20)17-21-12/h6-7,18H,1-5H2,(H,19,20). The Morgan fingerprint density at radius 2 is 2.00 bits per heavy atom. The first-order valence-electron chi connectivity index (χ1n) is 6.81. The number of halogens is 1. The van der Waals surface area contributed by atoms with Crippen molar-refractivity contribution in [2.45, 2.75) is 32.1 Å². The van der Waals surface area contributed by atoms with Crippen LogP contribution in [0.3, 0.4) is 0 Å². The van der Waals surface area contributed by atoms with E-state index in [0.717, 1.165) is 43.2 Å². The molecule has 0 amide bonds. The molecule has 0 saturated heterocycles. The van der Waals surface area contributed by atoms with Gasteiger partial charge in [0.2, 0.25) is 0 Å². The highest BCUT2D eigenvalue weighted by Gasteiger charge is 2.22. The zero-order valence-electron chi connectivity index (χ0n) is 11.2. The van der Waals surface area contributed by atoms with Gasteiger partial charge in [-0.25, -0.2) is 4.79 Å². The maximum Gasteiger partial charge on any atom is 0.358 e.